The lowest BCUT2D eigenvalue weighted by Gasteiger charge is -2.31. The van der Waals surface area contributed by atoms with Gasteiger partial charge < -0.3 is 14.6 Å². The van der Waals surface area contributed by atoms with Crippen molar-refractivity contribution in [2.45, 2.75) is 39.2 Å². The molecule has 0 radical (unpaired) electrons. The lowest BCUT2D eigenvalue weighted by molar-refractivity contribution is -0.233. The standard InChI is InChI=1S/C11H20N2O3/c1-4-15-10(16-5-2)11(3,14)9-13-8-6-7-12-13/h6-8,10,14H,4-5,9H2,1-3H3. The molecule has 1 unspecified atom stereocenters. The molecular weight excluding hydrogens is 208 g/mol. The number of ether oxygens (including phenoxy) is 2. The Labute approximate surface area is 96.0 Å². The highest BCUT2D eigenvalue weighted by atomic mass is 16.7. The average Bonchev–Trinajstić information content (AvgIpc) is 2.69. The zero-order valence-corrected chi connectivity index (χ0v) is 10.1. The van der Waals surface area contributed by atoms with E-state index in [0.717, 1.165) is 0 Å². The monoisotopic (exact) mass is 228 g/mol. The molecule has 1 aromatic heterocycles. The van der Waals surface area contributed by atoms with Crippen LogP contribution in [0.2, 0.25) is 0 Å². The quantitative estimate of drug-likeness (QED) is 0.708. The third kappa shape index (κ3) is 3.59. The molecule has 0 aliphatic rings. The van der Waals surface area contributed by atoms with Crippen molar-refractivity contribution in [3.05, 3.63) is 18.5 Å². The number of aliphatic hydroxyl groups is 1. The zero-order chi connectivity index (χ0) is 12.0. The van der Waals surface area contributed by atoms with Crippen LogP contribution in [0.15, 0.2) is 18.5 Å². The highest BCUT2D eigenvalue weighted by Gasteiger charge is 2.34. The molecule has 1 aromatic rings. The lowest BCUT2D eigenvalue weighted by Crippen LogP contribution is -2.46. The van der Waals surface area contributed by atoms with Crippen LogP contribution in [0, 0.1) is 0 Å². The fourth-order valence-electron chi connectivity index (χ4n) is 1.51. The number of rotatable bonds is 7. The maximum Gasteiger partial charge on any atom is 0.187 e. The van der Waals surface area contributed by atoms with Crippen LogP contribution in [0.4, 0.5) is 0 Å². The van der Waals surface area contributed by atoms with Gasteiger partial charge >= 0.3 is 0 Å². The van der Waals surface area contributed by atoms with Crippen molar-refractivity contribution < 1.29 is 14.6 Å². The highest BCUT2D eigenvalue weighted by Crippen LogP contribution is 2.17. The summed E-state index contributed by atoms with van der Waals surface area (Å²) in [7, 11) is 0. The van der Waals surface area contributed by atoms with E-state index in [2.05, 4.69) is 5.10 Å². The molecule has 92 valence electrons. The average molecular weight is 228 g/mol. The van der Waals surface area contributed by atoms with Crippen LogP contribution in [0.5, 0.6) is 0 Å². The molecule has 0 bridgehead atoms. The first-order valence-electron chi connectivity index (χ1n) is 5.53. The molecular formula is C11H20N2O3. The summed E-state index contributed by atoms with van der Waals surface area (Å²) in [5, 5.41) is 14.3. The Hall–Kier alpha value is -0.910. The molecule has 0 fully saturated rings. The highest BCUT2D eigenvalue weighted by molar-refractivity contribution is 4.83. The first-order valence-corrected chi connectivity index (χ1v) is 5.53. The van der Waals surface area contributed by atoms with Crippen LogP contribution in [-0.2, 0) is 16.0 Å². The molecule has 5 nitrogen and oxygen atoms in total. The fraction of sp³-hybridized carbons (Fsp3) is 0.727. The maximum atomic E-state index is 10.3. The first kappa shape index (κ1) is 13.2. The van der Waals surface area contributed by atoms with Crippen molar-refractivity contribution in [2.75, 3.05) is 13.2 Å². The van der Waals surface area contributed by atoms with Gasteiger partial charge in [0.15, 0.2) is 6.29 Å². The van der Waals surface area contributed by atoms with Gasteiger partial charge in [0.1, 0.15) is 5.60 Å². The molecule has 1 N–H and O–H groups in total. The van der Waals surface area contributed by atoms with Crippen LogP contribution >= 0.6 is 0 Å². The van der Waals surface area contributed by atoms with Crippen molar-refractivity contribution >= 4 is 0 Å². The van der Waals surface area contributed by atoms with Crippen molar-refractivity contribution in [1.29, 1.82) is 0 Å². The van der Waals surface area contributed by atoms with E-state index in [4.69, 9.17) is 9.47 Å². The minimum Gasteiger partial charge on any atom is -0.383 e. The van der Waals surface area contributed by atoms with Crippen molar-refractivity contribution in [3.63, 3.8) is 0 Å². The van der Waals surface area contributed by atoms with Gasteiger partial charge in [-0.1, -0.05) is 0 Å². The van der Waals surface area contributed by atoms with Crippen LogP contribution in [0.1, 0.15) is 20.8 Å². The maximum absolute atomic E-state index is 10.3. The fourth-order valence-corrected chi connectivity index (χ4v) is 1.51. The Kier molecular flexibility index (Phi) is 4.92. The van der Waals surface area contributed by atoms with Gasteiger partial charge in [0.25, 0.3) is 0 Å². The van der Waals surface area contributed by atoms with E-state index in [-0.39, 0.29) is 0 Å². The molecule has 0 aromatic carbocycles. The third-order valence-corrected chi connectivity index (χ3v) is 2.19. The Morgan fingerprint density at radius 2 is 2.00 bits per heavy atom. The minimum absolute atomic E-state index is 0.338. The normalized spacial score (nSPS) is 15.3. The minimum atomic E-state index is -1.10. The molecule has 0 aliphatic heterocycles. The van der Waals surface area contributed by atoms with Gasteiger partial charge in [-0.3, -0.25) is 4.68 Å². The topological polar surface area (TPSA) is 56.5 Å². The second kappa shape index (κ2) is 5.98. The van der Waals surface area contributed by atoms with Gasteiger partial charge in [0.05, 0.1) is 6.54 Å². The van der Waals surface area contributed by atoms with E-state index in [1.54, 1.807) is 24.0 Å². The SMILES string of the molecule is CCOC(OCC)C(C)(O)Cn1cccn1. The van der Waals surface area contributed by atoms with Crippen molar-refractivity contribution in [2.24, 2.45) is 0 Å². The summed E-state index contributed by atoms with van der Waals surface area (Å²) in [6.07, 6.45) is 2.84. The molecule has 16 heavy (non-hydrogen) atoms. The van der Waals surface area contributed by atoms with Crippen molar-refractivity contribution in [1.82, 2.24) is 9.78 Å². The molecule has 1 atom stereocenters. The second-order valence-corrected chi connectivity index (χ2v) is 3.80. The predicted molar refractivity (Wildman–Crippen MR) is 59.9 cm³/mol. The smallest absolute Gasteiger partial charge is 0.187 e. The van der Waals surface area contributed by atoms with Crippen molar-refractivity contribution in [3.8, 4) is 0 Å². The van der Waals surface area contributed by atoms with Gasteiger partial charge in [0, 0.05) is 25.6 Å². The number of hydrogen-bond donors (Lipinski definition) is 1. The first-order chi connectivity index (χ1) is 7.60. The summed E-state index contributed by atoms with van der Waals surface area (Å²) in [4.78, 5) is 0. The predicted octanol–water partition coefficient (Wildman–Crippen LogP) is 1.03. The second-order valence-electron chi connectivity index (χ2n) is 3.80. The van der Waals surface area contributed by atoms with Gasteiger partial charge in [0.2, 0.25) is 0 Å². The van der Waals surface area contributed by atoms with E-state index in [1.165, 1.54) is 0 Å². The van der Waals surface area contributed by atoms with E-state index in [1.807, 2.05) is 19.9 Å². The molecule has 0 saturated heterocycles. The van der Waals surface area contributed by atoms with Gasteiger partial charge in [-0.2, -0.15) is 5.10 Å². The summed E-state index contributed by atoms with van der Waals surface area (Å²) < 4.78 is 12.4. The number of aromatic nitrogens is 2. The molecule has 0 saturated carbocycles. The summed E-state index contributed by atoms with van der Waals surface area (Å²) in [5.41, 5.74) is -1.10. The Bertz CT molecular complexity index is 279. The summed E-state index contributed by atoms with van der Waals surface area (Å²) in [5.74, 6) is 0. The summed E-state index contributed by atoms with van der Waals surface area (Å²) in [6.45, 7) is 6.77. The molecule has 1 heterocycles. The molecule has 1 rings (SSSR count). The van der Waals surface area contributed by atoms with E-state index < -0.39 is 11.9 Å². The van der Waals surface area contributed by atoms with Gasteiger partial charge in [-0.25, -0.2) is 0 Å². The van der Waals surface area contributed by atoms with Crippen LogP contribution in [0.3, 0.4) is 0 Å². The Morgan fingerprint density at radius 1 is 1.38 bits per heavy atom. The van der Waals surface area contributed by atoms with Gasteiger partial charge in [-0.15, -0.1) is 0 Å². The zero-order valence-electron chi connectivity index (χ0n) is 10.1. The molecule has 0 aliphatic carbocycles. The van der Waals surface area contributed by atoms with Crippen LogP contribution < -0.4 is 0 Å². The van der Waals surface area contributed by atoms with E-state index in [9.17, 15) is 5.11 Å². The Morgan fingerprint density at radius 3 is 2.44 bits per heavy atom. The summed E-state index contributed by atoms with van der Waals surface area (Å²) >= 11 is 0. The number of nitrogens with zero attached hydrogens (tertiary/aromatic N) is 2. The Balaban J connectivity index is 2.64. The third-order valence-electron chi connectivity index (χ3n) is 2.19. The van der Waals surface area contributed by atoms with E-state index in [0.29, 0.717) is 19.8 Å². The largest absolute Gasteiger partial charge is 0.383 e. The van der Waals surface area contributed by atoms with Gasteiger partial charge in [-0.05, 0) is 26.8 Å². The molecule has 0 amide bonds. The summed E-state index contributed by atoms with van der Waals surface area (Å²) in [6, 6.07) is 1.81. The molecule has 5 heteroatoms. The van der Waals surface area contributed by atoms with E-state index >= 15 is 0 Å². The van der Waals surface area contributed by atoms with Crippen LogP contribution in [0.25, 0.3) is 0 Å². The lowest BCUT2D eigenvalue weighted by atomic mass is 10.1. The van der Waals surface area contributed by atoms with Crippen LogP contribution in [-0.4, -0.2) is 40.0 Å². The molecule has 0 spiro atoms. The number of hydrogen-bond acceptors (Lipinski definition) is 4.